The van der Waals surface area contributed by atoms with Crippen LogP contribution in [0, 0.1) is 12.7 Å². The lowest BCUT2D eigenvalue weighted by atomic mass is 10.1. The average Bonchev–Trinajstić information content (AvgIpc) is 3.41. The highest BCUT2D eigenvalue weighted by molar-refractivity contribution is 7.13. The highest BCUT2D eigenvalue weighted by Gasteiger charge is 2.31. The van der Waals surface area contributed by atoms with E-state index in [9.17, 15) is 9.18 Å². The summed E-state index contributed by atoms with van der Waals surface area (Å²) in [6.45, 7) is 3.30. The highest BCUT2D eigenvalue weighted by atomic mass is 32.1. The van der Waals surface area contributed by atoms with Gasteiger partial charge in [0.25, 0.3) is 0 Å². The first-order valence-electron chi connectivity index (χ1n) is 10.4. The van der Waals surface area contributed by atoms with E-state index in [-0.39, 0.29) is 24.3 Å². The molecule has 1 saturated heterocycles. The van der Waals surface area contributed by atoms with Crippen molar-refractivity contribution in [2.24, 2.45) is 0 Å². The van der Waals surface area contributed by atoms with E-state index in [4.69, 9.17) is 4.98 Å². The van der Waals surface area contributed by atoms with Crippen LogP contribution >= 0.6 is 11.3 Å². The Hall–Kier alpha value is -2.84. The molecule has 4 rings (SSSR count). The molecule has 0 aliphatic carbocycles. The number of carbonyl (C=O) groups is 1. The minimum atomic E-state index is -0.245. The summed E-state index contributed by atoms with van der Waals surface area (Å²) >= 11 is 1.54. The Morgan fingerprint density at radius 1 is 1.35 bits per heavy atom. The number of carbonyl (C=O) groups excluding carboxylic acids is 1. The number of likely N-dealkylation sites (tertiary alicyclic amines) is 1. The minimum absolute atomic E-state index is 0.0408. The van der Waals surface area contributed by atoms with Crippen LogP contribution in [0.3, 0.4) is 0 Å². The number of pyridine rings is 1. The number of nitrogens with zero attached hydrogens (tertiary/aromatic N) is 4. The Labute approximate surface area is 185 Å². The van der Waals surface area contributed by atoms with Gasteiger partial charge in [-0.1, -0.05) is 18.2 Å². The largest absolute Gasteiger partial charge is 0.333 e. The van der Waals surface area contributed by atoms with Crippen molar-refractivity contribution in [1.82, 2.24) is 19.8 Å². The maximum Gasteiger partial charge on any atom is 0.237 e. The summed E-state index contributed by atoms with van der Waals surface area (Å²) in [5.74, 6) is -0.204. The SMILES string of the molecule is Cc1cc(Nc2nccs2)cc(C2CCCN2C(=O)CN(C)Cc2ccccc2F)n1. The van der Waals surface area contributed by atoms with Crippen LogP contribution in [0.15, 0.2) is 48.0 Å². The van der Waals surface area contributed by atoms with Crippen LogP contribution < -0.4 is 5.32 Å². The molecule has 1 unspecified atom stereocenters. The number of amides is 1. The van der Waals surface area contributed by atoms with Gasteiger partial charge in [0.1, 0.15) is 5.82 Å². The van der Waals surface area contributed by atoms with Gasteiger partial charge in [0.05, 0.1) is 18.3 Å². The molecule has 1 amide bonds. The minimum Gasteiger partial charge on any atom is -0.333 e. The van der Waals surface area contributed by atoms with Crippen LogP contribution in [0.2, 0.25) is 0 Å². The third kappa shape index (κ3) is 5.26. The van der Waals surface area contributed by atoms with Crippen molar-refractivity contribution in [3.63, 3.8) is 0 Å². The van der Waals surface area contributed by atoms with Crippen LogP contribution in [0.5, 0.6) is 0 Å². The number of anilines is 2. The summed E-state index contributed by atoms with van der Waals surface area (Å²) in [5, 5.41) is 6.07. The van der Waals surface area contributed by atoms with Crippen LogP contribution in [0.1, 0.15) is 35.8 Å². The summed E-state index contributed by atoms with van der Waals surface area (Å²) in [5.41, 5.74) is 3.30. The third-order valence-electron chi connectivity index (χ3n) is 5.37. The predicted octanol–water partition coefficient (Wildman–Crippen LogP) is 4.52. The van der Waals surface area contributed by atoms with Crippen molar-refractivity contribution in [2.45, 2.75) is 32.4 Å². The zero-order valence-electron chi connectivity index (χ0n) is 17.7. The number of hydrogen-bond acceptors (Lipinski definition) is 6. The molecule has 0 radical (unpaired) electrons. The molecule has 1 N–H and O–H groups in total. The average molecular weight is 440 g/mol. The molecule has 6 nitrogen and oxygen atoms in total. The number of hydrogen-bond donors (Lipinski definition) is 1. The molecule has 1 fully saturated rings. The molecule has 1 aliphatic heterocycles. The molecule has 31 heavy (non-hydrogen) atoms. The van der Waals surface area contributed by atoms with Gasteiger partial charge in [-0.15, -0.1) is 11.3 Å². The van der Waals surface area contributed by atoms with E-state index in [1.807, 2.05) is 47.4 Å². The number of rotatable bonds is 7. The topological polar surface area (TPSA) is 61.4 Å². The molecule has 8 heteroatoms. The van der Waals surface area contributed by atoms with E-state index in [0.717, 1.165) is 35.0 Å². The van der Waals surface area contributed by atoms with E-state index in [1.165, 1.54) is 17.4 Å². The molecule has 1 aromatic carbocycles. The van der Waals surface area contributed by atoms with Crippen molar-refractivity contribution < 1.29 is 9.18 Å². The van der Waals surface area contributed by atoms with Crippen molar-refractivity contribution >= 4 is 28.1 Å². The van der Waals surface area contributed by atoms with E-state index in [0.29, 0.717) is 18.7 Å². The van der Waals surface area contributed by atoms with Crippen LogP contribution in [0.4, 0.5) is 15.2 Å². The van der Waals surface area contributed by atoms with Gasteiger partial charge in [-0.25, -0.2) is 9.37 Å². The second kappa shape index (κ2) is 9.53. The molecular formula is C23H26FN5OS. The number of benzene rings is 1. The molecule has 0 spiro atoms. The van der Waals surface area contributed by atoms with Crippen molar-refractivity contribution in [2.75, 3.05) is 25.5 Å². The van der Waals surface area contributed by atoms with E-state index in [1.54, 1.807) is 18.3 Å². The molecule has 1 aliphatic rings. The molecule has 3 heterocycles. The molecule has 3 aromatic rings. The number of nitrogens with one attached hydrogen (secondary N) is 1. The zero-order chi connectivity index (χ0) is 21.8. The Kier molecular flexibility index (Phi) is 6.58. The number of likely N-dealkylation sites (N-methyl/N-ethyl adjacent to an activating group) is 1. The monoisotopic (exact) mass is 439 g/mol. The summed E-state index contributed by atoms with van der Waals surface area (Å²) in [6, 6.07) is 10.6. The number of halogens is 1. The van der Waals surface area contributed by atoms with Crippen LogP contribution in [-0.2, 0) is 11.3 Å². The fraction of sp³-hybridized carbons (Fsp3) is 0.348. The Morgan fingerprint density at radius 2 is 2.19 bits per heavy atom. The van der Waals surface area contributed by atoms with Gasteiger partial charge in [-0.2, -0.15) is 0 Å². The quantitative estimate of drug-likeness (QED) is 0.586. The molecule has 162 valence electrons. The molecule has 0 bridgehead atoms. The first kappa shape index (κ1) is 21.4. The van der Waals surface area contributed by atoms with E-state index < -0.39 is 0 Å². The standard InChI is InChI=1S/C23H26FN5OS/c1-16-12-18(27-23-25-9-11-31-23)13-20(26-16)21-8-5-10-29(21)22(30)15-28(2)14-17-6-3-4-7-19(17)24/h3-4,6-7,9,11-13,21H,5,8,10,14-15H2,1-2H3,(H,25,26,27). The van der Waals surface area contributed by atoms with Gasteiger partial charge in [-0.05, 0) is 45.0 Å². The lowest BCUT2D eigenvalue weighted by Gasteiger charge is -2.27. The summed E-state index contributed by atoms with van der Waals surface area (Å²) in [6.07, 6.45) is 3.59. The third-order valence-corrected chi connectivity index (χ3v) is 6.06. The van der Waals surface area contributed by atoms with Crippen molar-refractivity contribution in [3.05, 3.63) is 70.7 Å². The summed E-state index contributed by atoms with van der Waals surface area (Å²) in [7, 11) is 1.84. The summed E-state index contributed by atoms with van der Waals surface area (Å²) in [4.78, 5) is 25.8. The van der Waals surface area contributed by atoms with Gasteiger partial charge in [0, 0.05) is 41.6 Å². The first-order chi connectivity index (χ1) is 15.0. The van der Waals surface area contributed by atoms with E-state index >= 15 is 0 Å². The summed E-state index contributed by atoms with van der Waals surface area (Å²) < 4.78 is 13.9. The fourth-order valence-corrected chi connectivity index (χ4v) is 4.56. The molecule has 2 aromatic heterocycles. The van der Waals surface area contributed by atoms with Gasteiger partial charge >= 0.3 is 0 Å². The lowest BCUT2D eigenvalue weighted by molar-refractivity contribution is -0.133. The Morgan fingerprint density at radius 3 is 2.97 bits per heavy atom. The normalized spacial score (nSPS) is 16.1. The molecule has 0 saturated carbocycles. The Balaban J connectivity index is 1.45. The van der Waals surface area contributed by atoms with Gasteiger partial charge in [0.2, 0.25) is 5.91 Å². The second-order valence-corrected chi connectivity index (χ2v) is 8.79. The molecular weight excluding hydrogens is 413 g/mol. The fourth-order valence-electron chi connectivity index (χ4n) is 4.01. The number of aromatic nitrogens is 2. The van der Waals surface area contributed by atoms with Crippen molar-refractivity contribution in [1.29, 1.82) is 0 Å². The highest BCUT2D eigenvalue weighted by Crippen LogP contribution is 2.33. The van der Waals surface area contributed by atoms with Crippen molar-refractivity contribution in [3.8, 4) is 0 Å². The lowest BCUT2D eigenvalue weighted by Crippen LogP contribution is -2.38. The van der Waals surface area contributed by atoms with Crippen LogP contribution in [0.25, 0.3) is 0 Å². The molecule has 1 atom stereocenters. The van der Waals surface area contributed by atoms with Gasteiger partial charge < -0.3 is 10.2 Å². The zero-order valence-corrected chi connectivity index (χ0v) is 18.5. The predicted molar refractivity (Wildman–Crippen MR) is 121 cm³/mol. The first-order valence-corrected chi connectivity index (χ1v) is 11.2. The number of thiazole rings is 1. The second-order valence-electron chi connectivity index (χ2n) is 7.89. The Bertz CT molecular complexity index is 1040. The van der Waals surface area contributed by atoms with Gasteiger partial charge in [0.15, 0.2) is 5.13 Å². The number of aryl methyl sites for hydroxylation is 1. The maximum absolute atomic E-state index is 13.9. The smallest absolute Gasteiger partial charge is 0.237 e. The van der Waals surface area contributed by atoms with Crippen LogP contribution in [-0.4, -0.2) is 45.8 Å². The van der Waals surface area contributed by atoms with E-state index in [2.05, 4.69) is 10.3 Å². The maximum atomic E-state index is 13.9. The van der Waals surface area contributed by atoms with Gasteiger partial charge in [-0.3, -0.25) is 14.7 Å².